The third-order valence-corrected chi connectivity index (χ3v) is 3.71. The van der Waals surface area contributed by atoms with Gasteiger partial charge in [-0.05, 0) is 45.9 Å². The molecule has 0 aromatic rings. The van der Waals surface area contributed by atoms with Crippen LogP contribution in [0.4, 0.5) is 0 Å². The molecule has 2 N–H and O–H groups in total. The van der Waals surface area contributed by atoms with Crippen molar-refractivity contribution >= 4 is 5.91 Å². The smallest absolute Gasteiger partial charge is 0.224 e. The van der Waals surface area contributed by atoms with Crippen molar-refractivity contribution < 1.29 is 4.79 Å². The summed E-state index contributed by atoms with van der Waals surface area (Å²) < 4.78 is 0. The van der Waals surface area contributed by atoms with Gasteiger partial charge in [0.05, 0.1) is 5.92 Å². The molecule has 0 aromatic heterocycles. The first-order valence-corrected chi connectivity index (χ1v) is 6.92. The van der Waals surface area contributed by atoms with Crippen molar-refractivity contribution in [3.8, 4) is 0 Å². The van der Waals surface area contributed by atoms with Gasteiger partial charge < -0.3 is 15.5 Å². The first-order valence-electron chi connectivity index (χ1n) is 6.92. The molecule has 0 spiro atoms. The van der Waals surface area contributed by atoms with E-state index in [9.17, 15) is 4.79 Å². The first kappa shape index (κ1) is 14.5. The molecule has 4 heteroatoms. The second kappa shape index (κ2) is 7.67. The van der Waals surface area contributed by atoms with E-state index in [2.05, 4.69) is 36.3 Å². The number of carbonyl (C=O) groups excluding carboxylic acids is 1. The summed E-state index contributed by atoms with van der Waals surface area (Å²) in [6.45, 7) is 11.5. The van der Waals surface area contributed by atoms with Gasteiger partial charge in [0.15, 0.2) is 0 Å². The lowest BCUT2D eigenvalue weighted by Gasteiger charge is -2.19. The van der Waals surface area contributed by atoms with Gasteiger partial charge in [0.25, 0.3) is 0 Å². The van der Waals surface area contributed by atoms with Crippen LogP contribution in [0.2, 0.25) is 0 Å². The van der Waals surface area contributed by atoms with Gasteiger partial charge in [0, 0.05) is 12.6 Å². The predicted molar refractivity (Wildman–Crippen MR) is 71.0 cm³/mol. The molecule has 1 fully saturated rings. The number of hydrogen-bond donors (Lipinski definition) is 2. The van der Waals surface area contributed by atoms with Gasteiger partial charge >= 0.3 is 0 Å². The lowest BCUT2D eigenvalue weighted by atomic mass is 10.0. The molecule has 0 radical (unpaired) electrons. The van der Waals surface area contributed by atoms with E-state index in [-0.39, 0.29) is 11.8 Å². The highest BCUT2D eigenvalue weighted by atomic mass is 16.1. The van der Waals surface area contributed by atoms with Crippen LogP contribution < -0.4 is 10.6 Å². The molecule has 1 heterocycles. The molecule has 1 aliphatic rings. The zero-order valence-electron chi connectivity index (χ0n) is 11.5. The normalized spacial score (nSPS) is 24.2. The SMILES string of the molecule is CCN(CC)CCCNC(=O)C1CCNC1C. The summed E-state index contributed by atoms with van der Waals surface area (Å²) in [4.78, 5) is 14.3. The van der Waals surface area contributed by atoms with Crippen molar-refractivity contribution in [1.29, 1.82) is 0 Å². The molecule has 2 atom stereocenters. The number of nitrogens with one attached hydrogen (secondary N) is 2. The number of nitrogens with zero attached hydrogens (tertiary/aromatic N) is 1. The topological polar surface area (TPSA) is 44.4 Å². The van der Waals surface area contributed by atoms with Gasteiger partial charge in [0.2, 0.25) is 5.91 Å². The predicted octanol–water partition coefficient (Wildman–Crippen LogP) is 0.833. The quantitative estimate of drug-likeness (QED) is 0.649. The van der Waals surface area contributed by atoms with Crippen molar-refractivity contribution in [2.75, 3.05) is 32.7 Å². The number of amides is 1. The van der Waals surface area contributed by atoms with E-state index in [0.29, 0.717) is 6.04 Å². The number of carbonyl (C=O) groups is 1. The Bertz CT molecular complexity index is 229. The van der Waals surface area contributed by atoms with E-state index in [1.165, 1.54) is 0 Å². The van der Waals surface area contributed by atoms with Gasteiger partial charge in [-0.2, -0.15) is 0 Å². The molecule has 1 amide bonds. The van der Waals surface area contributed by atoms with E-state index in [1.807, 2.05) is 0 Å². The lowest BCUT2D eigenvalue weighted by Crippen LogP contribution is -2.38. The molecule has 1 saturated heterocycles. The summed E-state index contributed by atoms with van der Waals surface area (Å²) in [5.74, 6) is 0.394. The van der Waals surface area contributed by atoms with Crippen LogP contribution in [-0.2, 0) is 4.79 Å². The fraction of sp³-hybridized carbons (Fsp3) is 0.923. The zero-order valence-corrected chi connectivity index (χ0v) is 11.5. The zero-order chi connectivity index (χ0) is 12.7. The van der Waals surface area contributed by atoms with E-state index >= 15 is 0 Å². The average molecular weight is 241 g/mol. The average Bonchev–Trinajstić information content (AvgIpc) is 2.75. The molecule has 0 saturated carbocycles. The van der Waals surface area contributed by atoms with Crippen LogP contribution in [-0.4, -0.2) is 49.6 Å². The fourth-order valence-electron chi connectivity index (χ4n) is 2.40. The summed E-state index contributed by atoms with van der Waals surface area (Å²) in [5, 5.41) is 6.36. The van der Waals surface area contributed by atoms with Crippen LogP contribution in [0.15, 0.2) is 0 Å². The maximum absolute atomic E-state index is 11.9. The van der Waals surface area contributed by atoms with Crippen LogP contribution in [0.3, 0.4) is 0 Å². The molecule has 0 aromatic carbocycles. The molecular weight excluding hydrogens is 214 g/mol. The maximum Gasteiger partial charge on any atom is 0.224 e. The van der Waals surface area contributed by atoms with Gasteiger partial charge in [-0.15, -0.1) is 0 Å². The molecule has 0 bridgehead atoms. The van der Waals surface area contributed by atoms with Crippen molar-refractivity contribution in [3.63, 3.8) is 0 Å². The summed E-state index contributed by atoms with van der Waals surface area (Å²) in [6, 6.07) is 0.331. The second-order valence-corrected chi connectivity index (χ2v) is 4.81. The van der Waals surface area contributed by atoms with Gasteiger partial charge in [-0.3, -0.25) is 4.79 Å². The van der Waals surface area contributed by atoms with Crippen LogP contribution in [0, 0.1) is 5.92 Å². The molecule has 100 valence electrons. The Morgan fingerprint density at radius 2 is 2.12 bits per heavy atom. The lowest BCUT2D eigenvalue weighted by molar-refractivity contribution is -0.125. The summed E-state index contributed by atoms with van der Waals surface area (Å²) >= 11 is 0. The third-order valence-electron chi connectivity index (χ3n) is 3.71. The van der Waals surface area contributed by atoms with Crippen LogP contribution in [0.25, 0.3) is 0 Å². The Kier molecular flexibility index (Phi) is 6.52. The Morgan fingerprint density at radius 3 is 2.65 bits per heavy atom. The van der Waals surface area contributed by atoms with Crippen LogP contribution >= 0.6 is 0 Å². The third kappa shape index (κ3) is 4.64. The van der Waals surface area contributed by atoms with E-state index in [1.54, 1.807) is 0 Å². The highest BCUT2D eigenvalue weighted by Gasteiger charge is 2.28. The molecule has 1 aliphatic heterocycles. The standard InChI is InChI=1S/C13H27N3O/c1-4-16(5-2)10-6-8-15-13(17)12-7-9-14-11(12)3/h11-12,14H,4-10H2,1-3H3,(H,15,17). The minimum Gasteiger partial charge on any atom is -0.356 e. The van der Waals surface area contributed by atoms with E-state index in [0.717, 1.165) is 45.6 Å². The molecule has 4 nitrogen and oxygen atoms in total. The summed E-state index contributed by atoms with van der Waals surface area (Å²) in [6.07, 6.45) is 2.02. The first-order chi connectivity index (χ1) is 8.19. The van der Waals surface area contributed by atoms with E-state index < -0.39 is 0 Å². The van der Waals surface area contributed by atoms with Crippen molar-refractivity contribution in [2.24, 2.45) is 5.92 Å². The number of rotatable bonds is 7. The van der Waals surface area contributed by atoms with Crippen molar-refractivity contribution in [1.82, 2.24) is 15.5 Å². The Labute approximate surface area is 105 Å². The monoisotopic (exact) mass is 241 g/mol. The Morgan fingerprint density at radius 1 is 1.41 bits per heavy atom. The number of hydrogen-bond acceptors (Lipinski definition) is 3. The fourth-order valence-corrected chi connectivity index (χ4v) is 2.40. The van der Waals surface area contributed by atoms with E-state index in [4.69, 9.17) is 0 Å². The summed E-state index contributed by atoms with van der Waals surface area (Å²) in [5.41, 5.74) is 0. The van der Waals surface area contributed by atoms with Crippen molar-refractivity contribution in [3.05, 3.63) is 0 Å². The minimum atomic E-state index is 0.170. The molecule has 1 rings (SSSR count). The molecular formula is C13H27N3O. The minimum absolute atomic E-state index is 0.170. The van der Waals surface area contributed by atoms with Crippen molar-refractivity contribution in [2.45, 2.75) is 39.7 Å². The molecule has 0 aliphatic carbocycles. The highest BCUT2D eigenvalue weighted by molar-refractivity contribution is 5.79. The van der Waals surface area contributed by atoms with Gasteiger partial charge in [-0.1, -0.05) is 13.8 Å². The second-order valence-electron chi connectivity index (χ2n) is 4.81. The largest absolute Gasteiger partial charge is 0.356 e. The molecule has 17 heavy (non-hydrogen) atoms. The van der Waals surface area contributed by atoms with Crippen LogP contribution in [0.5, 0.6) is 0 Å². The van der Waals surface area contributed by atoms with Gasteiger partial charge in [-0.25, -0.2) is 0 Å². The van der Waals surface area contributed by atoms with Crippen LogP contribution in [0.1, 0.15) is 33.6 Å². The Hall–Kier alpha value is -0.610. The summed E-state index contributed by atoms with van der Waals surface area (Å²) in [7, 11) is 0. The van der Waals surface area contributed by atoms with Gasteiger partial charge in [0.1, 0.15) is 0 Å². The highest BCUT2D eigenvalue weighted by Crippen LogP contribution is 2.14. The molecule has 2 unspecified atom stereocenters. The Balaban J connectivity index is 2.12. The maximum atomic E-state index is 11.9.